The van der Waals surface area contributed by atoms with Gasteiger partial charge >= 0.3 is 0 Å². The van der Waals surface area contributed by atoms with Gasteiger partial charge in [0.2, 0.25) is 0 Å². The summed E-state index contributed by atoms with van der Waals surface area (Å²) in [6.45, 7) is 11.6. The summed E-state index contributed by atoms with van der Waals surface area (Å²) in [4.78, 5) is 0. The molecule has 1 N–H and O–H groups in total. The van der Waals surface area contributed by atoms with Crippen LogP contribution in [0.5, 0.6) is 0 Å². The summed E-state index contributed by atoms with van der Waals surface area (Å²) in [7, 11) is -1.67. The molecule has 2 aliphatic rings. The van der Waals surface area contributed by atoms with Crippen molar-refractivity contribution >= 4 is 8.32 Å². The molecule has 0 bridgehead atoms. The number of hydrogen-bond donors (Lipinski definition) is 1. The molecule has 18 heavy (non-hydrogen) atoms. The van der Waals surface area contributed by atoms with E-state index in [0.717, 1.165) is 12.8 Å². The summed E-state index contributed by atoms with van der Waals surface area (Å²) < 4.78 is 6.68. The summed E-state index contributed by atoms with van der Waals surface area (Å²) in [6.07, 6.45) is 7.23. The molecule has 0 heterocycles. The first kappa shape index (κ1) is 14.5. The van der Waals surface area contributed by atoms with Crippen LogP contribution in [0.1, 0.15) is 59.3 Å². The van der Waals surface area contributed by atoms with Crippen LogP contribution in [0.25, 0.3) is 0 Å². The quantitative estimate of drug-likeness (QED) is 0.766. The van der Waals surface area contributed by atoms with Crippen molar-refractivity contribution in [3.8, 4) is 0 Å². The van der Waals surface area contributed by atoms with Crippen LogP contribution in [0.3, 0.4) is 0 Å². The minimum atomic E-state index is -1.67. The Kier molecular flexibility index (Phi) is 3.72. The van der Waals surface area contributed by atoms with E-state index < -0.39 is 8.32 Å². The van der Waals surface area contributed by atoms with Gasteiger partial charge in [-0.05, 0) is 55.7 Å². The zero-order chi connectivity index (χ0) is 13.6. The Hall–Kier alpha value is 0.137. The lowest BCUT2D eigenvalue weighted by atomic mass is 9.82. The van der Waals surface area contributed by atoms with Gasteiger partial charge in [0.15, 0.2) is 8.32 Å². The second-order valence-corrected chi connectivity index (χ2v) is 12.8. The molecule has 0 aromatic heterocycles. The summed E-state index contributed by atoms with van der Waals surface area (Å²) in [6, 6.07) is 0. The van der Waals surface area contributed by atoms with Crippen LogP contribution in [-0.2, 0) is 4.43 Å². The van der Waals surface area contributed by atoms with Gasteiger partial charge in [0.1, 0.15) is 0 Å². The molecule has 0 radical (unpaired) electrons. The van der Waals surface area contributed by atoms with E-state index in [1.807, 2.05) is 0 Å². The molecule has 3 heteroatoms. The second-order valence-electron chi connectivity index (χ2n) is 8.02. The van der Waals surface area contributed by atoms with Crippen LogP contribution in [0.2, 0.25) is 18.1 Å². The molecule has 3 atom stereocenters. The van der Waals surface area contributed by atoms with Gasteiger partial charge in [-0.1, -0.05) is 27.2 Å². The predicted octanol–water partition coefficient (Wildman–Crippen LogP) is 4.09. The highest BCUT2D eigenvalue weighted by molar-refractivity contribution is 6.74. The standard InChI is InChI=1S/C15H30O2Si/c1-14(2,3)18(4,5)17-13-7-6-9-15(13)10-8-12(16)11-15/h12-13,16H,6-11H2,1-5H3/t12-,13-,15-/m1/s1. The monoisotopic (exact) mass is 270 g/mol. The average molecular weight is 270 g/mol. The molecule has 2 saturated carbocycles. The molecule has 106 valence electrons. The first-order chi connectivity index (χ1) is 8.16. The smallest absolute Gasteiger partial charge is 0.192 e. The summed E-state index contributed by atoms with van der Waals surface area (Å²) in [5.74, 6) is 0. The normalized spacial score (nSPS) is 37.7. The van der Waals surface area contributed by atoms with E-state index in [1.54, 1.807) is 0 Å². The summed E-state index contributed by atoms with van der Waals surface area (Å²) >= 11 is 0. The molecule has 0 aliphatic heterocycles. The van der Waals surface area contributed by atoms with Gasteiger partial charge < -0.3 is 9.53 Å². The maximum atomic E-state index is 9.89. The van der Waals surface area contributed by atoms with Crippen molar-refractivity contribution < 1.29 is 9.53 Å². The summed E-state index contributed by atoms with van der Waals surface area (Å²) in [5, 5.41) is 10.2. The van der Waals surface area contributed by atoms with Crippen molar-refractivity contribution in [1.29, 1.82) is 0 Å². The lowest BCUT2D eigenvalue weighted by Crippen LogP contribution is -2.47. The second kappa shape index (κ2) is 4.60. The van der Waals surface area contributed by atoms with Crippen LogP contribution >= 0.6 is 0 Å². The topological polar surface area (TPSA) is 29.5 Å². The van der Waals surface area contributed by atoms with E-state index in [4.69, 9.17) is 4.43 Å². The van der Waals surface area contributed by atoms with Crippen LogP contribution in [0.15, 0.2) is 0 Å². The molecule has 0 aromatic carbocycles. The molecule has 0 amide bonds. The minimum Gasteiger partial charge on any atom is -0.413 e. The van der Waals surface area contributed by atoms with Gasteiger partial charge in [0.05, 0.1) is 12.2 Å². The number of aliphatic hydroxyl groups is 1. The highest BCUT2D eigenvalue weighted by Gasteiger charge is 2.51. The molecule has 2 aliphatic carbocycles. The number of hydrogen-bond acceptors (Lipinski definition) is 2. The van der Waals surface area contributed by atoms with Crippen molar-refractivity contribution in [1.82, 2.24) is 0 Å². The van der Waals surface area contributed by atoms with Gasteiger partial charge in [-0.2, -0.15) is 0 Å². The Labute approximate surface area is 113 Å². The van der Waals surface area contributed by atoms with Crippen LogP contribution < -0.4 is 0 Å². The summed E-state index contributed by atoms with van der Waals surface area (Å²) in [5.41, 5.74) is 0.314. The molecule has 0 unspecified atom stereocenters. The third-order valence-corrected chi connectivity index (χ3v) is 10.2. The first-order valence-electron chi connectivity index (χ1n) is 7.52. The zero-order valence-electron chi connectivity index (χ0n) is 12.8. The van der Waals surface area contributed by atoms with Gasteiger partial charge in [-0.15, -0.1) is 0 Å². The molecule has 0 aromatic rings. The van der Waals surface area contributed by atoms with Gasteiger partial charge in [0, 0.05) is 0 Å². The van der Waals surface area contributed by atoms with E-state index in [9.17, 15) is 5.11 Å². The fourth-order valence-electron chi connectivity index (χ4n) is 3.47. The molecular formula is C15H30O2Si. The molecule has 2 rings (SSSR count). The van der Waals surface area contributed by atoms with Crippen molar-refractivity contribution in [3.63, 3.8) is 0 Å². The van der Waals surface area contributed by atoms with E-state index >= 15 is 0 Å². The Morgan fingerprint density at radius 3 is 2.33 bits per heavy atom. The lowest BCUT2D eigenvalue weighted by Gasteiger charge is -2.43. The molecule has 1 spiro atoms. The molecule has 2 fully saturated rings. The Morgan fingerprint density at radius 2 is 1.83 bits per heavy atom. The molecule has 0 saturated heterocycles. The SMILES string of the molecule is CC(C)(C)[Si](C)(C)O[C@@H]1CCC[C@]12CC[C@@H](O)C2. The van der Waals surface area contributed by atoms with Crippen molar-refractivity contribution in [2.45, 2.75) is 89.6 Å². The highest BCUT2D eigenvalue weighted by atomic mass is 28.4. The minimum absolute atomic E-state index is 0.0754. The van der Waals surface area contributed by atoms with E-state index in [2.05, 4.69) is 33.9 Å². The largest absolute Gasteiger partial charge is 0.413 e. The van der Waals surface area contributed by atoms with Gasteiger partial charge in [0.25, 0.3) is 0 Å². The first-order valence-corrected chi connectivity index (χ1v) is 10.4. The Balaban J connectivity index is 2.09. The van der Waals surface area contributed by atoms with Gasteiger partial charge in [-0.25, -0.2) is 0 Å². The fraction of sp³-hybridized carbons (Fsp3) is 1.00. The van der Waals surface area contributed by atoms with E-state index in [1.165, 1.54) is 25.7 Å². The Bertz CT molecular complexity index is 308. The van der Waals surface area contributed by atoms with Crippen molar-refractivity contribution in [2.75, 3.05) is 0 Å². The highest BCUT2D eigenvalue weighted by Crippen LogP contribution is 2.53. The van der Waals surface area contributed by atoms with Crippen molar-refractivity contribution in [3.05, 3.63) is 0 Å². The Morgan fingerprint density at radius 1 is 1.17 bits per heavy atom. The number of aliphatic hydroxyl groups excluding tert-OH is 1. The number of rotatable bonds is 2. The van der Waals surface area contributed by atoms with Crippen LogP contribution in [-0.4, -0.2) is 25.6 Å². The maximum absolute atomic E-state index is 9.89. The maximum Gasteiger partial charge on any atom is 0.192 e. The van der Waals surface area contributed by atoms with Crippen molar-refractivity contribution in [2.24, 2.45) is 5.41 Å². The lowest BCUT2D eigenvalue weighted by molar-refractivity contribution is 0.0535. The zero-order valence-corrected chi connectivity index (χ0v) is 13.8. The predicted molar refractivity (Wildman–Crippen MR) is 78.2 cm³/mol. The third-order valence-electron chi connectivity index (χ3n) is 5.68. The third kappa shape index (κ3) is 2.54. The molecular weight excluding hydrogens is 240 g/mol. The van der Waals surface area contributed by atoms with Crippen LogP contribution in [0.4, 0.5) is 0 Å². The van der Waals surface area contributed by atoms with E-state index in [-0.39, 0.29) is 11.1 Å². The van der Waals surface area contributed by atoms with Gasteiger partial charge in [-0.3, -0.25) is 0 Å². The molecule has 2 nitrogen and oxygen atoms in total. The fourth-order valence-corrected chi connectivity index (χ4v) is 4.90. The van der Waals surface area contributed by atoms with Crippen LogP contribution in [0, 0.1) is 5.41 Å². The average Bonchev–Trinajstić information content (AvgIpc) is 2.74. The van der Waals surface area contributed by atoms with E-state index in [0.29, 0.717) is 11.5 Å².